The van der Waals surface area contributed by atoms with Gasteiger partial charge in [-0.1, -0.05) is 30.3 Å². The molecule has 0 radical (unpaired) electrons. The highest BCUT2D eigenvalue weighted by atomic mass is 32.1. The van der Waals surface area contributed by atoms with Crippen LogP contribution in [0.3, 0.4) is 0 Å². The van der Waals surface area contributed by atoms with Crippen LogP contribution >= 0.6 is 11.3 Å². The van der Waals surface area contributed by atoms with E-state index in [9.17, 15) is 10.1 Å². The Hall–Kier alpha value is -1.99. The molecule has 1 atom stereocenters. The van der Waals surface area contributed by atoms with Crippen LogP contribution < -0.4 is 11.1 Å². The first-order chi connectivity index (χ1) is 8.66. The van der Waals surface area contributed by atoms with Crippen LogP contribution in [0.15, 0.2) is 36.5 Å². The van der Waals surface area contributed by atoms with Gasteiger partial charge in [-0.25, -0.2) is 4.98 Å². The molecule has 94 valence electrons. The van der Waals surface area contributed by atoms with Gasteiger partial charge in [0, 0.05) is 12.6 Å². The van der Waals surface area contributed by atoms with Gasteiger partial charge in [-0.2, -0.15) is 0 Å². The van der Waals surface area contributed by atoms with Crippen LogP contribution in [-0.2, 0) is 0 Å². The molecule has 7 heteroatoms. The zero-order valence-electron chi connectivity index (χ0n) is 9.45. The molecule has 0 fully saturated rings. The van der Waals surface area contributed by atoms with Gasteiger partial charge in [-0.15, -0.1) is 0 Å². The molecule has 1 heterocycles. The van der Waals surface area contributed by atoms with E-state index in [0.29, 0.717) is 11.7 Å². The fraction of sp³-hybridized carbons (Fsp3) is 0.182. The lowest BCUT2D eigenvalue weighted by Crippen LogP contribution is -2.20. The topological polar surface area (TPSA) is 94.1 Å². The van der Waals surface area contributed by atoms with E-state index in [1.54, 1.807) is 0 Å². The van der Waals surface area contributed by atoms with E-state index in [1.165, 1.54) is 6.20 Å². The first kappa shape index (κ1) is 12.5. The lowest BCUT2D eigenvalue weighted by atomic mass is 10.1. The highest BCUT2D eigenvalue weighted by Gasteiger charge is 2.12. The van der Waals surface area contributed by atoms with Gasteiger partial charge < -0.3 is 11.1 Å². The molecule has 0 spiro atoms. The lowest BCUT2D eigenvalue weighted by molar-refractivity contribution is -0.380. The number of nitrogens with two attached hydrogens (primary N) is 1. The monoisotopic (exact) mass is 264 g/mol. The van der Waals surface area contributed by atoms with Crippen molar-refractivity contribution in [1.29, 1.82) is 0 Å². The van der Waals surface area contributed by atoms with E-state index >= 15 is 0 Å². The summed E-state index contributed by atoms with van der Waals surface area (Å²) in [6.07, 6.45) is 1.24. The molecular formula is C11H12N4O2S. The van der Waals surface area contributed by atoms with Crippen LogP contribution in [-0.4, -0.2) is 16.5 Å². The number of nitrogens with zero attached hydrogens (tertiary/aromatic N) is 2. The molecule has 3 N–H and O–H groups in total. The Labute approximate surface area is 108 Å². The first-order valence-corrected chi connectivity index (χ1v) is 6.13. The number of anilines is 1. The minimum Gasteiger partial charge on any atom is -0.359 e. The zero-order valence-corrected chi connectivity index (χ0v) is 10.3. The summed E-state index contributed by atoms with van der Waals surface area (Å²) in [6, 6.07) is 9.47. The molecule has 2 rings (SSSR count). The SMILES string of the molecule is NC(CNc1ncc([N+](=O)[O-])s1)c1ccccc1. The number of nitro groups is 1. The fourth-order valence-corrected chi connectivity index (χ4v) is 2.09. The van der Waals surface area contributed by atoms with Gasteiger partial charge in [-0.05, 0) is 16.9 Å². The van der Waals surface area contributed by atoms with Crippen molar-refractivity contribution in [1.82, 2.24) is 4.98 Å². The molecule has 0 amide bonds. The van der Waals surface area contributed by atoms with Gasteiger partial charge in [0.25, 0.3) is 0 Å². The van der Waals surface area contributed by atoms with Crippen LogP contribution in [0, 0.1) is 10.1 Å². The quantitative estimate of drug-likeness (QED) is 0.637. The molecule has 0 aliphatic rings. The summed E-state index contributed by atoms with van der Waals surface area (Å²) < 4.78 is 0. The molecule has 0 saturated heterocycles. The normalized spacial score (nSPS) is 12.1. The number of aromatic nitrogens is 1. The van der Waals surface area contributed by atoms with Crippen LogP contribution in [0.2, 0.25) is 0 Å². The molecule has 1 aromatic heterocycles. The van der Waals surface area contributed by atoms with E-state index in [2.05, 4.69) is 10.3 Å². The minimum absolute atomic E-state index is 0.0192. The molecule has 18 heavy (non-hydrogen) atoms. The van der Waals surface area contributed by atoms with Crippen LogP contribution in [0.1, 0.15) is 11.6 Å². The first-order valence-electron chi connectivity index (χ1n) is 5.31. The van der Waals surface area contributed by atoms with Crippen LogP contribution in [0.25, 0.3) is 0 Å². The summed E-state index contributed by atoms with van der Waals surface area (Å²) in [5.41, 5.74) is 7.00. The van der Waals surface area contributed by atoms with Crippen molar-refractivity contribution in [3.63, 3.8) is 0 Å². The minimum atomic E-state index is -0.458. The molecule has 0 aliphatic carbocycles. The van der Waals surface area contributed by atoms with Gasteiger partial charge in [0.1, 0.15) is 6.20 Å². The molecule has 0 aliphatic heterocycles. The molecule has 1 aromatic carbocycles. The third kappa shape index (κ3) is 3.02. The summed E-state index contributed by atoms with van der Waals surface area (Å²) in [4.78, 5) is 14.0. The van der Waals surface area contributed by atoms with Gasteiger partial charge in [0.15, 0.2) is 5.13 Å². The maximum absolute atomic E-state index is 10.5. The summed E-state index contributed by atoms with van der Waals surface area (Å²) in [6.45, 7) is 0.481. The molecule has 1 unspecified atom stereocenters. The van der Waals surface area contributed by atoms with Crippen LogP contribution in [0.5, 0.6) is 0 Å². The summed E-state index contributed by atoms with van der Waals surface area (Å²) >= 11 is 1.00. The maximum atomic E-state index is 10.5. The highest BCUT2D eigenvalue weighted by Crippen LogP contribution is 2.25. The van der Waals surface area contributed by atoms with Crippen molar-refractivity contribution < 1.29 is 4.92 Å². The molecule has 6 nitrogen and oxygen atoms in total. The average Bonchev–Trinajstić information content (AvgIpc) is 2.86. The molecule has 0 bridgehead atoms. The number of thiazole rings is 1. The number of hydrogen-bond acceptors (Lipinski definition) is 6. The van der Waals surface area contributed by atoms with E-state index in [4.69, 9.17) is 5.73 Å². The maximum Gasteiger partial charge on any atom is 0.345 e. The van der Waals surface area contributed by atoms with Gasteiger partial charge in [0.05, 0.1) is 4.92 Å². The van der Waals surface area contributed by atoms with E-state index in [1.807, 2.05) is 30.3 Å². The van der Waals surface area contributed by atoms with Crippen molar-refractivity contribution in [2.75, 3.05) is 11.9 Å². The number of rotatable bonds is 5. The van der Waals surface area contributed by atoms with Crippen molar-refractivity contribution >= 4 is 21.5 Å². The van der Waals surface area contributed by atoms with Gasteiger partial charge >= 0.3 is 5.00 Å². The van der Waals surface area contributed by atoms with Crippen molar-refractivity contribution in [2.45, 2.75) is 6.04 Å². The third-order valence-corrected chi connectivity index (χ3v) is 3.28. The second-order valence-electron chi connectivity index (χ2n) is 3.66. The zero-order chi connectivity index (χ0) is 13.0. The largest absolute Gasteiger partial charge is 0.359 e. The fourth-order valence-electron chi connectivity index (χ4n) is 1.45. The number of hydrogen-bond donors (Lipinski definition) is 2. The van der Waals surface area contributed by atoms with Gasteiger partial charge in [-0.3, -0.25) is 10.1 Å². The Balaban J connectivity index is 1.93. The van der Waals surface area contributed by atoms with Gasteiger partial charge in [0.2, 0.25) is 0 Å². The Kier molecular flexibility index (Phi) is 3.85. The Bertz CT molecular complexity index is 529. The Morgan fingerprint density at radius 1 is 1.44 bits per heavy atom. The van der Waals surface area contributed by atoms with E-state index in [0.717, 1.165) is 16.9 Å². The number of benzene rings is 1. The molecule has 2 aromatic rings. The molecular weight excluding hydrogens is 252 g/mol. The lowest BCUT2D eigenvalue weighted by Gasteiger charge is -2.11. The predicted molar refractivity (Wildman–Crippen MR) is 70.6 cm³/mol. The Morgan fingerprint density at radius 2 is 2.17 bits per heavy atom. The number of nitrogens with one attached hydrogen (secondary N) is 1. The summed E-state index contributed by atoms with van der Waals surface area (Å²) in [5.74, 6) is 0. The average molecular weight is 264 g/mol. The van der Waals surface area contributed by atoms with Crippen LogP contribution in [0.4, 0.5) is 10.1 Å². The van der Waals surface area contributed by atoms with Crippen molar-refractivity contribution in [3.05, 3.63) is 52.2 Å². The highest BCUT2D eigenvalue weighted by molar-refractivity contribution is 7.18. The smallest absolute Gasteiger partial charge is 0.345 e. The predicted octanol–water partition coefficient (Wildman–Crippen LogP) is 2.16. The summed E-state index contributed by atoms with van der Waals surface area (Å²) in [5, 5.41) is 14.0. The standard InChI is InChI=1S/C11H12N4O2S/c12-9(8-4-2-1-3-5-8)6-13-11-14-7-10(18-11)15(16)17/h1-5,7,9H,6,12H2,(H,13,14). The third-order valence-electron chi connectivity index (χ3n) is 2.37. The summed E-state index contributed by atoms with van der Waals surface area (Å²) in [7, 11) is 0. The second-order valence-corrected chi connectivity index (χ2v) is 4.67. The van der Waals surface area contributed by atoms with E-state index < -0.39 is 4.92 Å². The second kappa shape index (κ2) is 5.56. The van der Waals surface area contributed by atoms with Crippen molar-refractivity contribution in [3.8, 4) is 0 Å². The molecule has 0 saturated carbocycles. The Morgan fingerprint density at radius 3 is 2.78 bits per heavy atom. The van der Waals surface area contributed by atoms with E-state index in [-0.39, 0.29) is 11.0 Å². The van der Waals surface area contributed by atoms with Crippen molar-refractivity contribution in [2.24, 2.45) is 5.73 Å².